The Labute approximate surface area is 108 Å². The minimum atomic E-state index is 0.142. The van der Waals surface area contributed by atoms with Gasteiger partial charge in [-0.05, 0) is 33.1 Å². The highest BCUT2D eigenvalue weighted by molar-refractivity contribution is 5.40. The number of hydrogen-bond acceptors (Lipinski definition) is 5. The minimum Gasteiger partial charge on any atom is -0.477 e. The number of nitrogens with zero attached hydrogens (tertiary/aromatic N) is 3. The molecule has 2 heterocycles. The Morgan fingerprint density at radius 2 is 2.33 bits per heavy atom. The zero-order chi connectivity index (χ0) is 13.0. The molecule has 0 amide bonds. The lowest BCUT2D eigenvalue weighted by atomic mass is 9.97. The molecule has 1 fully saturated rings. The Bertz CT molecular complexity index is 383. The number of aromatic nitrogens is 2. The van der Waals surface area contributed by atoms with E-state index >= 15 is 0 Å². The summed E-state index contributed by atoms with van der Waals surface area (Å²) >= 11 is 0. The number of hydrogen-bond donors (Lipinski definition) is 1. The van der Waals surface area contributed by atoms with Gasteiger partial charge in [0.2, 0.25) is 5.88 Å². The third-order valence-electron chi connectivity index (χ3n) is 3.34. The van der Waals surface area contributed by atoms with Crippen molar-refractivity contribution in [1.82, 2.24) is 9.97 Å². The summed E-state index contributed by atoms with van der Waals surface area (Å²) in [5.41, 5.74) is 6.07. The van der Waals surface area contributed by atoms with Crippen LogP contribution in [-0.2, 0) is 0 Å². The van der Waals surface area contributed by atoms with Gasteiger partial charge in [0.25, 0.3) is 0 Å². The monoisotopic (exact) mass is 250 g/mol. The second-order valence-electron chi connectivity index (χ2n) is 4.76. The van der Waals surface area contributed by atoms with E-state index in [0.717, 1.165) is 18.8 Å². The maximum absolute atomic E-state index is 6.07. The van der Waals surface area contributed by atoms with Gasteiger partial charge in [-0.2, -0.15) is 4.98 Å². The molecule has 0 aliphatic carbocycles. The van der Waals surface area contributed by atoms with E-state index in [2.05, 4.69) is 21.8 Å². The van der Waals surface area contributed by atoms with Crippen molar-refractivity contribution in [3.8, 4) is 5.88 Å². The molecule has 0 bridgehead atoms. The first-order chi connectivity index (χ1) is 8.72. The molecule has 0 saturated carbocycles. The van der Waals surface area contributed by atoms with Gasteiger partial charge in [-0.15, -0.1) is 0 Å². The number of ether oxygens (including phenoxy) is 1. The van der Waals surface area contributed by atoms with Gasteiger partial charge in [0.1, 0.15) is 0 Å². The average Bonchev–Trinajstić information content (AvgIpc) is 2.39. The molecule has 18 heavy (non-hydrogen) atoms. The van der Waals surface area contributed by atoms with Gasteiger partial charge in [-0.25, -0.2) is 0 Å². The van der Waals surface area contributed by atoms with Crippen LogP contribution in [0.1, 0.15) is 33.1 Å². The molecule has 5 nitrogen and oxygen atoms in total. The first-order valence-electron chi connectivity index (χ1n) is 6.69. The van der Waals surface area contributed by atoms with Crippen LogP contribution in [0, 0.1) is 0 Å². The maximum Gasteiger partial charge on any atom is 0.234 e. The Hall–Kier alpha value is -1.36. The van der Waals surface area contributed by atoms with Crippen molar-refractivity contribution < 1.29 is 4.74 Å². The van der Waals surface area contributed by atoms with Crippen molar-refractivity contribution in [2.45, 2.75) is 45.2 Å². The van der Waals surface area contributed by atoms with E-state index in [4.69, 9.17) is 10.5 Å². The number of nitrogens with two attached hydrogens (primary N) is 1. The zero-order valence-corrected chi connectivity index (χ0v) is 11.2. The van der Waals surface area contributed by atoms with E-state index in [9.17, 15) is 0 Å². The molecule has 2 atom stereocenters. The summed E-state index contributed by atoms with van der Waals surface area (Å²) in [5, 5.41) is 0. The van der Waals surface area contributed by atoms with Crippen LogP contribution in [0.2, 0.25) is 0 Å². The maximum atomic E-state index is 6.07. The smallest absolute Gasteiger partial charge is 0.234 e. The molecule has 100 valence electrons. The standard InChI is InChI=1S/C13H22N4O/c1-3-18-13-9-15-8-12(16-13)17-7-5-4-6-11(17)10(2)14/h8-11H,3-7,14H2,1-2H3. The Balaban J connectivity index is 2.19. The van der Waals surface area contributed by atoms with Gasteiger partial charge >= 0.3 is 0 Å². The molecule has 2 N–H and O–H groups in total. The van der Waals surface area contributed by atoms with Gasteiger partial charge in [0.15, 0.2) is 5.82 Å². The van der Waals surface area contributed by atoms with E-state index in [0.29, 0.717) is 18.5 Å². The van der Waals surface area contributed by atoms with Crippen molar-refractivity contribution in [1.29, 1.82) is 0 Å². The van der Waals surface area contributed by atoms with E-state index in [1.54, 1.807) is 12.4 Å². The lowest BCUT2D eigenvalue weighted by molar-refractivity contribution is 0.324. The second kappa shape index (κ2) is 6.00. The number of rotatable bonds is 4. The van der Waals surface area contributed by atoms with E-state index in [-0.39, 0.29) is 6.04 Å². The lowest BCUT2D eigenvalue weighted by Crippen LogP contribution is -2.49. The van der Waals surface area contributed by atoms with Gasteiger partial charge in [0.05, 0.1) is 19.0 Å². The Morgan fingerprint density at radius 1 is 1.50 bits per heavy atom. The molecule has 5 heteroatoms. The molecule has 1 saturated heterocycles. The van der Waals surface area contributed by atoms with Crippen molar-refractivity contribution in [2.24, 2.45) is 5.73 Å². The average molecular weight is 250 g/mol. The van der Waals surface area contributed by atoms with Crippen molar-refractivity contribution in [3.05, 3.63) is 12.4 Å². The summed E-state index contributed by atoms with van der Waals surface area (Å²) in [4.78, 5) is 11.0. The second-order valence-corrected chi connectivity index (χ2v) is 4.76. The molecule has 1 aliphatic rings. The van der Waals surface area contributed by atoms with Crippen LogP contribution in [0.5, 0.6) is 5.88 Å². The van der Waals surface area contributed by atoms with Crippen molar-refractivity contribution in [3.63, 3.8) is 0 Å². The normalized spacial score (nSPS) is 21.7. The third kappa shape index (κ3) is 2.90. The first-order valence-corrected chi connectivity index (χ1v) is 6.69. The van der Waals surface area contributed by atoms with Crippen LogP contribution in [0.15, 0.2) is 12.4 Å². The molecule has 2 rings (SSSR count). The molecule has 2 unspecified atom stereocenters. The molecule has 0 aromatic carbocycles. The predicted octanol–water partition coefficient (Wildman–Crippen LogP) is 1.58. The Morgan fingerprint density at radius 3 is 3.06 bits per heavy atom. The molecular formula is C13H22N4O. The van der Waals surface area contributed by atoms with Crippen molar-refractivity contribution >= 4 is 5.82 Å². The van der Waals surface area contributed by atoms with Crippen LogP contribution in [0.25, 0.3) is 0 Å². The highest BCUT2D eigenvalue weighted by atomic mass is 16.5. The molecule has 1 aromatic rings. The summed E-state index contributed by atoms with van der Waals surface area (Å²) in [6, 6.07) is 0.493. The fraction of sp³-hybridized carbons (Fsp3) is 0.692. The SMILES string of the molecule is CCOc1cncc(N2CCCCC2C(C)N)n1. The summed E-state index contributed by atoms with van der Waals surface area (Å²) in [6.07, 6.45) is 6.99. The zero-order valence-electron chi connectivity index (χ0n) is 11.2. The largest absolute Gasteiger partial charge is 0.477 e. The number of anilines is 1. The molecular weight excluding hydrogens is 228 g/mol. The van der Waals surface area contributed by atoms with Gasteiger partial charge in [0, 0.05) is 18.6 Å². The van der Waals surface area contributed by atoms with Crippen LogP contribution in [0.3, 0.4) is 0 Å². The summed E-state index contributed by atoms with van der Waals surface area (Å²) in [6.45, 7) is 5.61. The quantitative estimate of drug-likeness (QED) is 0.879. The topological polar surface area (TPSA) is 64.3 Å². The van der Waals surface area contributed by atoms with Crippen LogP contribution < -0.4 is 15.4 Å². The van der Waals surface area contributed by atoms with Crippen LogP contribution in [-0.4, -0.2) is 35.2 Å². The molecule has 0 spiro atoms. The summed E-state index contributed by atoms with van der Waals surface area (Å²) in [5.74, 6) is 1.46. The fourth-order valence-electron chi connectivity index (χ4n) is 2.48. The van der Waals surface area contributed by atoms with E-state index < -0.39 is 0 Å². The van der Waals surface area contributed by atoms with E-state index in [1.807, 2.05) is 6.92 Å². The summed E-state index contributed by atoms with van der Waals surface area (Å²) in [7, 11) is 0. The Kier molecular flexibility index (Phi) is 4.36. The van der Waals surface area contributed by atoms with Gasteiger partial charge < -0.3 is 15.4 Å². The van der Waals surface area contributed by atoms with E-state index in [1.165, 1.54) is 12.8 Å². The van der Waals surface area contributed by atoms with Crippen LogP contribution >= 0.6 is 0 Å². The van der Waals surface area contributed by atoms with Crippen molar-refractivity contribution in [2.75, 3.05) is 18.1 Å². The van der Waals surface area contributed by atoms with Gasteiger partial charge in [-0.3, -0.25) is 4.98 Å². The number of piperidine rings is 1. The van der Waals surface area contributed by atoms with Crippen LogP contribution in [0.4, 0.5) is 5.82 Å². The fourth-order valence-corrected chi connectivity index (χ4v) is 2.48. The molecule has 0 radical (unpaired) electrons. The molecule has 1 aromatic heterocycles. The highest BCUT2D eigenvalue weighted by Gasteiger charge is 2.26. The van der Waals surface area contributed by atoms with Gasteiger partial charge in [-0.1, -0.05) is 0 Å². The first kappa shape index (κ1) is 13.1. The summed E-state index contributed by atoms with van der Waals surface area (Å²) < 4.78 is 5.40. The third-order valence-corrected chi connectivity index (χ3v) is 3.34. The highest BCUT2D eigenvalue weighted by Crippen LogP contribution is 2.25. The predicted molar refractivity (Wildman–Crippen MR) is 71.8 cm³/mol. The lowest BCUT2D eigenvalue weighted by Gasteiger charge is -2.38. The minimum absolute atomic E-state index is 0.142. The molecule has 1 aliphatic heterocycles.